The van der Waals surface area contributed by atoms with Gasteiger partial charge in [0.05, 0.1) is 16.7 Å². The van der Waals surface area contributed by atoms with Gasteiger partial charge < -0.3 is 4.74 Å². The van der Waals surface area contributed by atoms with Crippen LogP contribution in [0.1, 0.15) is 11.1 Å². The molecule has 0 aromatic heterocycles. The molecule has 0 saturated carbocycles. The molecule has 130 valence electrons. The molecule has 0 radical (unpaired) electrons. The molecule has 0 aliphatic carbocycles. The maximum absolute atomic E-state index is 8.85. The van der Waals surface area contributed by atoms with Gasteiger partial charge in [-0.1, -0.05) is 35.9 Å². The molecule has 0 amide bonds. The highest BCUT2D eigenvalue weighted by Gasteiger charge is 2.16. The van der Waals surface area contributed by atoms with Crippen LogP contribution in [0.2, 0.25) is 5.02 Å². The van der Waals surface area contributed by atoms with E-state index in [4.69, 9.17) is 21.6 Å². The van der Waals surface area contributed by atoms with Crippen LogP contribution in [0.5, 0.6) is 5.75 Å². The van der Waals surface area contributed by atoms with Crippen molar-refractivity contribution in [2.45, 2.75) is 6.54 Å². The molecule has 1 aliphatic rings. The molecule has 4 nitrogen and oxygen atoms in total. The summed E-state index contributed by atoms with van der Waals surface area (Å²) in [5.74, 6) is 0.753. The molecule has 5 heteroatoms. The number of nitrogens with zero attached hydrogens (tertiary/aromatic N) is 3. The minimum Gasteiger partial charge on any atom is -0.491 e. The van der Waals surface area contributed by atoms with E-state index in [1.807, 2.05) is 48.5 Å². The van der Waals surface area contributed by atoms with E-state index in [-0.39, 0.29) is 0 Å². The van der Waals surface area contributed by atoms with Crippen molar-refractivity contribution < 1.29 is 4.74 Å². The average Bonchev–Trinajstić information content (AvgIpc) is 2.65. The monoisotopic (exact) mass is 355 g/mol. The van der Waals surface area contributed by atoms with Crippen molar-refractivity contribution in [3.8, 4) is 11.8 Å². The minimum absolute atomic E-state index is 0.652. The number of ether oxygens (including phenoxy) is 1. The van der Waals surface area contributed by atoms with Crippen LogP contribution >= 0.6 is 11.6 Å². The molecule has 1 saturated heterocycles. The van der Waals surface area contributed by atoms with Crippen LogP contribution in [-0.4, -0.2) is 49.1 Å². The van der Waals surface area contributed by atoms with Gasteiger partial charge in [-0.05, 0) is 29.8 Å². The summed E-state index contributed by atoms with van der Waals surface area (Å²) in [4.78, 5) is 4.87. The predicted octanol–water partition coefficient (Wildman–Crippen LogP) is 3.41. The second-order valence-electron chi connectivity index (χ2n) is 6.21. The highest BCUT2D eigenvalue weighted by atomic mass is 35.5. The molecule has 1 aliphatic heterocycles. The van der Waals surface area contributed by atoms with E-state index in [0.29, 0.717) is 17.2 Å². The lowest BCUT2D eigenvalue weighted by molar-refractivity contribution is 0.112. The minimum atomic E-state index is 0.652. The Hall–Kier alpha value is -2.06. The van der Waals surface area contributed by atoms with Crippen molar-refractivity contribution in [3.05, 3.63) is 64.7 Å². The third kappa shape index (κ3) is 5.20. The fourth-order valence-corrected chi connectivity index (χ4v) is 3.15. The molecular formula is C20H22ClN3O. The van der Waals surface area contributed by atoms with Gasteiger partial charge in [-0.15, -0.1) is 0 Å². The van der Waals surface area contributed by atoms with Crippen molar-refractivity contribution in [1.82, 2.24) is 9.80 Å². The highest BCUT2D eigenvalue weighted by molar-refractivity contribution is 6.32. The first kappa shape index (κ1) is 17.8. The topological polar surface area (TPSA) is 39.5 Å². The van der Waals surface area contributed by atoms with E-state index in [1.165, 1.54) is 5.56 Å². The van der Waals surface area contributed by atoms with Crippen LogP contribution in [0.15, 0.2) is 48.5 Å². The van der Waals surface area contributed by atoms with E-state index in [2.05, 4.69) is 15.9 Å². The number of para-hydroxylation sites is 1. The van der Waals surface area contributed by atoms with Gasteiger partial charge in [0, 0.05) is 39.3 Å². The lowest BCUT2D eigenvalue weighted by Gasteiger charge is -2.34. The smallest absolute Gasteiger partial charge is 0.137 e. The van der Waals surface area contributed by atoms with Gasteiger partial charge >= 0.3 is 0 Å². The maximum Gasteiger partial charge on any atom is 0.137 e. The number of benzene rings is 2. The first-order valence-corrected chi connectivity index (χ1v) is 8.93. The third-order valence-corrected chi connectivity index (χ3v) is 4.77. The van der Waals surface area contributed by atoms with Gasteiger partial charge in [0.25, 0.3) is 0 Å². The average molecular weight is 356 g/mol. The molecule has 2 aromatic carbocycles. The maximum atomic E-state index is 8.85. The summed E-state index contributed by atoms with van der Waals surface area (Å²) >= 11 is 6.10. The molecule has 1 heterocycles. The van der Waals surface area contributed by atoms with Crippen LogP contribution in [-0.2, 0) is 6.54 Å². The van der Waals surface area contributed by atoms with Crippen LogP contribution in [0.3, 0.4) is 0 Å². The fourth-order valence-electron chi connectivity index (χ4n) is 2.96. The van der Waals surface area contributed by atoms with Crippen molar-refractivity contribution in [2.24, 2.45) is 0 Å². The Bertz CT molecular complexity index is 718. The summed E-state index contributed by atoms with van der Waals surface area (Å²) in [6.07, 6.45) is 0. The van der Waals surface area contributed by atoms with E-state index in [1.54, 1.807) is 0 Å². The van der Waals surface area contributed by atoms with Crippen molar-refractivity contribution in [1.29, 1.82) is 5.26 Å². The predicted molar refractivity (Wildman–Crippen MR) is 99.8 cm³/mol. The van der Waals surface area contributed by atoms with E-state index in [0.717, 1.165) is 45.0 Å². The fraction of sp³-hybridized carbons (Fsp3) is 0.350. The van der Waals surface area contributed by atoms with Gasteiger partial charge in [-0.3, -0.25) is 9.80 Å². The van der Waals surface area contributed by atoms with Crippen molar-refractivity contribution in [2.75, 3.05) is 39.3 Å². The van der Waals surface area contributed by atoms with E-state index < -0.39 is 0 Å². The quantitative estimate of drug-likeness (QED) is 0.796. The number of halogens is 1. The van der Waals surface area contributed by atoms with Crippen LogP contribution in [0.25, 0.3) is 0 Å². The Labute approximate surface area is 154 Å². The Morgan fingerprint density at radius 3 is 2.32 bits per heavy atom. The second kappa shape index (κ2) is 8.87. The zero-order valence-electron chi connectivity index (χ0n) is 14.2. The lowest BCUT2D eigenvalue weighted by atomic mass is 10.1. The van der Waals surface area contributed by atoms with Crippen molar-refractivity contribution >= 4 is 11.6 Å². The summed E-state index contributed by atoms with van der Waals surface area (Å²) in [5, 5.41) is 9.52. The molecule has 2 aromatic rings. The van der Waals surface area contributed by atoms with E-state index >= 15 is 0 Å². The van der Waals surface area contributed by atoms with Crippen LogP contribution < -0.4 is 4.74 Å². The Kier molecular flexibility index (Phi) is 6.30. The van der Waals surface area contributed by atoms with Gasteiger partial charge in [0.1, 0.15) is 12.4 Å². The normalized spacial score (nSPS) is 15.7. The van der Waals surface area contributed by atoms with Gasteiger partial charge in [-0.25, -0.2) is 0 Å². The number of hydrogen-bond donors (Lipinski definition) is 0. The zero-order chi connectivity index (χ0) is 17.5. The summed E-state index contributed by atoms with van der Waals surface area (Å²) in [5.41, 5.74) is 1.97. The third-order valence-electron chi connectivity index (χ3n) is 4.46. The molecule has 0 unspecified atom stereocenters. The molecule has 0 bridgehead atoms. The van der Waals surface area contributed by atoms with Gasteiger partial charge in [-0.2, -0.15) is 5.26 Å². The van der Waals surface area contributed by atoms with Crippen LogP contribution in [0, 0.1) is 11.3 Å². The summed E-state index contributed by atoms with van der Waals surface area (Å²) < 4.78 is 5.77. The summed E-state index contributed by atoms with van der Waals surface area (Å²) in [6.45, 7) is 6.69. The first-order chi connectivity index (χ1) is 12.2. The lowest BCUT2D eigenvalue weighted by Crippen LogP contribution is -2.47. The van der Waals surface area contributed by atoms with Gasteiger partial charge in [0.2, 0.25) is 0 Å². The number of rotatable bonds is 6. The number of nitriles is 1. The SMILES string of the molecule is N#Cc1ccc(CN2CCN(CCOc3ccccc3Cl)CC2)cc1. The molecular weight excluding hydrogens is 334 g/mol. The molecule has 1 fully saturated rings. The molecule has 3 rings (SSSR count). The molecule has 0 N–H and O–H groups in total. The molecule has 0 spiro atoms. The van der Waals surface area contributed by atoms with Gasteiger partial charge in [0.15, 0.2) is 0 Å². The summed E-state index contributed by atoms with van der Waals surface area (Å²) in [7, 11) is 0. The zero-order valence-corrected chi connectivity index (χ0v) is 15.0. The van der Waals surface area contributed by atoms with Crippen molar-refractivity contribution in [3.63, 3.8) is 0 Å². The summed E-state index contributed by atoms with van der Waals surface area (Å²) in [6, 6.07) is 17.6. The second-order valence-corrected chi connectivity index (χ2v) is 6.61. The Morgan fingerprint density at radius 1 is 0.960 bits per heavy atom. The largest absolute Gasteiger partial charge is 0.491 e. The molecule has 0 atom stereocenters. The highest BCUT2D eigenvalue weighted by Crippen LogP contribution is 2.22. The molecule has 25 heavy (non-hydrogen) atoms. The van der Waals surface area contributed by atoms with E-state index in [9.17, 15) is 0 Å². The number of hydrogen-bond acceptors (Lipinski definition) is 4. The number of piperazine rings is 1. The Balaban J connectivity index is 1.38. The standard InChI is InChI=1S/C20H22ClN3O/c21-19-3-1-2-4-20(19)25-14-13-23-9-11-24(12-10-23)16-18-7-5-17(15-22)6-8-18/h1-8H,9-14,16H2. The Morgan fingerprint density at radius 2 is 1.64 bits per heavy atom. The first-order valence-electron chi connectivity index (χ1n) is 8.56. The van der Waals surface area contributed by atoms with Crippen LogP contribution in [0.4, 0.5) is 0 Å².